The maximum atomic E-state index is 12.5. The third-order valence-corrected chi connectivity index (χ3v) is 4.80. The van der Waals surface area contributed by atoms with Gasteiger partial charge in [-0.05, 0) is 38.6 Å². The first-order valence-electron chi connectivity index (χ1n) is 7.93. The van der Waals surface area contributed by atoms with E-state index in [4.69, 9.17) is 5.11 Å². The van der Waals surface area contributed by atoms with E-state index in [2.05, 4.69) is 6.92 Å². The molecule has 0 bridgehead atoms. The van der Waals surface area contributed by atoms with Crippen LogP contribution in [0.15, 0.2) is 0 Å². The largest absolute Gasteiger partial charge is 0.480 e. The molecule has 21 heavy (non-hydrogen) atoms. The van der Waals surface area contributed by atoms with Gasteiger partial charge in [0.05, 0.1) is 6.54 Å². The van der Waals surface area contributed by atoms with Crippen molar-refractivity contribution in [1.29, 1.82) is 0 Å². The standard InChI is InChI=1S/C15H27N3O3/c1-12-3-7-17(8-4-12)15(21)18-9-5-13(6-10-18)16(2)11-14(19)20/h12-13H,3-11H2,1-2H3,(H,19,20). The van der Waals surface area contributed by atoms with Crippen molar-refractivity contribution >= 4 is 12.0 Å². The number of carbonyl (C=O) groups is 2. The van der Waals surface area contributed by atoms with Gasteiger partial charge >= 0.3 is 12.0 Å². The second-order valence-corrected chi connectivity index (χ2v) is 6.48. The molecule has 1 N–H and O–H groups in total. The summed E-state index contributed by atoms with van der Waals surface area (Å²) in [6.45, 7) is 5.53. The zero-order valence-corrected chi connectivity index (χ0v) is 13.1. The summed E-state index contributed by atoms with van der Waals surface area (Å²) < 4.78 is 0. The fourth-order valence-electron chi connectivity index (χ4n) is 3.24. The summed E-state index contributed by atoms with van der Waals surface area (Å²) in [5.74, 6) is -0.0668. The molecule has 0 aliphatic carbocycles. The molecule has 2 fully saturated rings. The molecule has 0 saturated carbocycles. The highest BCUT2D eigenvalue weighted by atomic mass is 16.4. The van der Waals surface area contributed by atoms with E-state index in [0.29, 0.717) is 0 Å². The van der Waals surface area contributed by atoms with Crippen LogP contribution < -0.4 is 0 Å². The zero-order valence-electron chi connectivity index (χ0n) is 13.1. The number of likely N-dealkylation sites (tertiary alicyclic amines) is 2. The number of rotatable bonds is 3. The van der Waals surface area contributed by atoms with Gasteiger partial charge in [-0.15, -0.1) is 0 Å². The van der Waals surface area contributed by atoms with Crippen LogP contribution in [0.25, 0.3) is 0 Å². The van der Waals surface area contributed by atoms with E-state index in [-0.39, 0.29) is 18.6 Å². The van der Waals surface area contributed by atoms with Crippen molar-refractivity contribution in [2.24, 2.45) is 5.92 Å². The van der Waals surface area contributed by atoms with Gasteiger partial charge in [0.2, 0.25) is 0 Å². The first kappa shape index (κ1) is 16.1. The number of carboxylic acid groups (broad SMARTS) is 1. The van der Waals surface area contributed by atoms with Gasteiger partial charge in [0.1, 0.15) is 0 Å². The van der Waals surface area contributed by atoms with E-state index in [1.807, 2.05) is 21.7 Å². The van der Waals surface area contributed by atoms with Crippen LogP contribution >= 0.6 is 0 Å². The predicted octanol–water partition coefficient (Wildman–Crippen LogP) is 1.32. The number of hydrogen-bond acceptors (Lipinski definition) is 3. The Labute approximate surface area is 126 Å². The van der Waals surface area contributed by atoms with Gasteiger partial charge in [-0.1, -0.05) is 6.92 Å². The van der Waals surface area contributed by atoms with Crippen LogP contribution in [0, 0.1) is 5.92 Å². The summed E-state index contributed by atoms with van der Waals surface area (Å²) in [4.78, 5) is 29.0. The second-order valence-electron chi connectivity index (χ2n) is 6.48. The molecule has 0 spiro atoms. The quantitative estimate of drug-likeness (QED) is 0.853. The maximum Gasteiger partial charge on any atom is 0.319 e. The third-order valence-electron chi connectivity index (χ3n) is 4.80. The third kappa shape index (κ3) is 4.33. The van der Waals surface area contributed by atoms with Crippen molar-refractivity contribution in [2.75, 3.05) is 39.8 Å². The van der Waals surface area contributed by atoms with Gasteiger partial charge in [0, 0.05) is 32.2 Å². The van der Waals surface area contributed by atoms with E-state index in [0.717, 1.165) is 57.8 Å². The SMILES string of the molecule is CC1CCN(C(=O)N2CCC(N(C)CC(=O)O)CC2)CC1. The Balaban J connectivity index is 1.78. The normalized spacial score (nSPS) is 21.9. The average molecular weight is 297 g/mol. The minimum absolute atomic E-state index is 0.0721. The van der Waals surface area contributed by atoms with Crippen LogP contribution in [-0.2, 0) is 4.79 Å². The monoisotopic (exact) mass is 297 g/mol. The number of nitrogens with zero attached hydrogens (tertiary/aromatic N) is 3. The Kier molecular flexibility index (Phi) is 5.45. The molecule has 0 atom stereocenters. The van der Waals surface area contributed by atoms with Crippen LogP contribution in [0.1, 0.15) is 32.6 Å². The van der Waals surface area contributed by atoms with Gasteiger partial charge < -0.3 is 14.9 Å². The second kappa shape index (κ2) is 7.11. The van der Waals surface area contributed by atoms with Gasteiger partial charge in [0.15, 0.2) is 0 Å². The van der Waals surface area contributed by atoms with Crippen molar-refractivity contribution in [3.05, 3.63) is 0 Å². The zero-order chi connectivity index (χ0) is 15.4. The van der Waals surface area contributed by atoms with Crippen LogP contribution in [0.4, 0.5) is 4.79 Å². The fraction of sp³-hybridized carbons (Fsp3) is 0.867. The van der Waals surface area contributed by atoms with E-state index in [9.17, 15) is 9.59 Å². The molecule has 2 saturated heterocycles. The molecule has 2 heterocycles. The van der Waals surface area contributed by atoms with E-state index in [1.54, 1.807) is 0 Å². The Morgan fingerprint density at radius 1 is 1.05 bits per heavy atom. The van der Waals surface area contributed by atoms with E-state index in [1.165, 1.54) is 0 Å². The van der Waals surface area contributed by atoms with Gasteiger partial charge in [-0.2, -0.15) is 0 Å². The summed E-state index contributed by atoms with van der Waals surface area (Å²) in [6.07, 6.45) is 3.92. The van der Waals surface area contributed by atoms with Crippen LogP contribution in [0.2, 0.25) is 0 Å². The summed E-state index contributed by atoms with van der Waals surface area (Å²) in [6, 6.07) is 0.438. The van der Waals surface area contributed by atoms with Gasteiger partial charge in [-0.25, -0.2) is 4.79 Å². The van der Waals surface area contributed by atoms with Crippen molar-refractivity contribution in [3.8, 4) is 0 Å². The molecule has 0 unspecified atom stereocenters. The first-order valence-corrected chi connectivity index (χ1v) is 7.93. The number of carbonyl (C=O) groups excluding carboxylic acids is 1. The summed E-state index contributed by atoms with van der Waals surface area (Å²) >= 11 is 0. The number of amides is 2. The molecule has 2 amide bonds. The molecule has 120 valence electrons. The average Bonchev–Trinajstić information content (AvgIpc) is 2.47. The minimum Gasteiger partial charge on any atom is -0.480 e. The highest BCUT2D eigenvalue weighted by molar-refractivity contribution is 5.74. The highest BCUT2D eigenvalue weighted by Gasteiger charge is 2.29. The number of hydrogen-bond donors (Lipinski definition) is 1. The summed E-state index contributed by atoms with van der Waals surface area (Å²) in [7, 11) is 1.85. The molecular formula is C15H27N3O3. The molecule has 0 aromatic heterocycles. The highest BCUT2D eigenvalue weighted by Crippen LogP contribution is 2.20. The molecule has 2 aliphatic rings. The molecule has 2 aliphatic heterocycles. The summed E-state index contributed by atoms with van der Waals surface area (Å²) in [5.41, 5.74) is 0. The molecule has 2 rings (SSSR count). The predicted molar refractivity (Wildman–Crippen MR) is 80.2 cm³/mol. The summed E-state index contributed by atoms with van der Waals surface area (Å²) in [5, 5.41) is 8.83. The van der Waals surface area contributed by atoms with E-state index < -0.39 is 5.97 Å². The van der Waals surface area contributed by atoms with Crippen molar-refractivity contribution < 1.29 is 14.7 Å². The van der Waals surface area contributed by atoms with Crippen molar-refractivity contribution in [3.63, 3.8) is 0 Å². The molecule has 0 aromatic carbocycles. The topological polar surface area (TPSA) is 64.1 Å². The number of urea groups is 1. The number of piperidine rings is 2. The fourth-order valence-corrected chi connectivity index (χ4v) is 3.24. The van der Waals surface area contributed by atoms with E-state index >= 15 is 0 Å². The molecule has 0 aromatic rings. The lowest BCUT2D eigenvalue weighted by Gasteiger charge is -2.40. The smallest absolute Gasteiger partial charge is 0.319 e. The molecule has 0 radical (unpaired) electrons. The lowest BCUT2D eigenvalue weighted by Crippen LogP contribution is -2.52. The number of aliphatic carboxylic acids is 1. The van der Waals surface area contributed by atoms with Crippen LogP contribution in [0.3, 0.4) is 0 Å². The number of carboxylic acids is 1. The minimum atomic E-state index is -0.793. The molecule has 6 nitrogen and oxygen atoms in total. The Morgan fingerprint density at radius 2 is 1.52 bits per heavy atom. The Morgan fingerprint density at radius 3 is 2.00 bits per heavy atom. The number of likely N-dealkylation sites (N-methyl/N-ethyl adjacent to an activating group) is 1. The lowest BCUT2D eigenvalue weighted by atomic mass is 9.99. The van der Waals surface area contributed by atoms with Crippen molar-refractivity contribution in [1.82, 2.24) is 14.7 Å². The first-order chi connectivity index (χ1) is 9.97. The lowest BCUT2D eigenvalue weighted by molar-refractivity contribution is -0.138. The Hall–Kier alpha value is -1.30. The maximum absolute atomic E-state index is 12.5. The molecular weight excluding hydrogens is 270 g/mol. The van der Waals surface area contributed by atoms with Gasteiger partial charge in [0.25, 0.3) is 0 Å². The molecule has 6 heteroatoms. The van der Waals surface area contributed by atoms with Crippen LogP contribution in [0.5, 0.6) is 0 Å². The van der Waals surface area contributed by atoms with Gasteiger partial charge in [-0.3, -0.25) is 9.69 Å². The van der Waals surface area contributed by atoms with Crippen molar-refractivity contribution in [2.45, 2.75) is 38.6 Å². The Bertz CT molecular complexity index is 372. The van der Waals surface area contributed by atoms with Crippen LogP contribution in [-0.4, -0.2) is 77.6 Å².